The van der Waals surface area contributed by atoms with Crippen molar-refractivity contribution in [1.82, 2.24) is 9.78 Å². The molecule has 0 spiro atoms. The maximum Gasteiger partial charge on any atom is 0.163 e. The number of halogens is 1. The largest absolute Gasteiger partial charge is 0.493 e. The first-order valence-corrected chi connectivity index (χ1v) is 7.59. The zero-order chi connectivity index (χ0) is 16.2. The van der Waals surface area contributed by atoms with E-state index in [9.17, 15) is 5.26 Å². The molecular weight excluding hydrogens is 310 g/mol. The van der Waals surface area contributed by atoms with Crippen molar-refractivity contribution in [3.63, 3.8) is 0 Å². The van der Waals surface area contributed by atoms with Crippen LogP contribution in [0.3, 0.4) is 0 Å². The molecule has 3 rings (SSSR count). The maximum atomic E-state index is 9.21. The van der Waals surface area contributed by atoms with Gasteiger partial charge in [-0.3, -0.25) is 0 Å². The molecule has 0 saturated carbocycles. The Morgan fingerprint density at radius 1 is 1.17 bits per heavy atom. The lowest BCUT2D eigenvalue weighted by Gasteiger charge is -2.12. The Labute approximate surface area is 139 Å². The summed E-state index contributed by atoms with van der Waals surface area (Å²) in [7, 11) is 0. The van der Waals surface area contributed by atoms with Gasteiger partial charge in [-0.2, -0.15) is 10.4 Å². The number of aromatic nitrogens is 2. The Bertz CT molecular complexity index is 880. The van der Waals surface area contributed by atoms with Crippen LogP contribution in [-0.4, -0.2) is 16.4 Å². The molecule has 5 heteroatoms. The van der Waals surface area contributed by atoms with E-state index >= 15 is 0 Å². The van der Waals surface area contributed by atoms with Crippen LogP contribution in [0.15, 0.2) is 54.6 Å². The van der Waals surface area contributed by atoms with Crippen molar-refractivity contribution in [2.45, 2.75) is 6.92 Å². The van der Waals surface area contributed by atoms with Crippen LogP contribution in [-0.2, 0) is 0 Å². The highest BCUT2D eigenvalue weighted by molar-refractivity contribution is 6.30. The van der Waals surface area contributed by atoms with Crippen LogP contribution < -0.4 is 4.74 Å². The summed E-state index contributed by atoms with van der Waals surface area (Å²) in [5, 5.41) is 14.2. The summed E-state index contributed by atoms with van der Waals surface area (Å²) in [6.07, 6.45) is 0. The van der Waals surface area contributed by atoms with Crippen molar-refractivity contribution in [2.75, 3.05) is 6.61 Å². The summed E-state index contributed by atoms with van der Waals surface area (Å²) in [4.78, 5) is 0. The highest BCUT2D eigenvalue weighted by atomic mass is 35.5. The molecule has 0 bridgehead atoms. The van der Waals surface area contributed by atoms with Crippen LogP contribution in [0.4, 0.5) is 0 Å². The van der Waals surface area contributed by atoms with Crippen molar-refractivity contribution in [3.8, 4) is 28.8 Å². The van der Waals surface area contributed by atoms with Crippen molar-refractivity contribution in [1.29, 1.82) is 5.26 Å². The molecule has 0 atom stereocenters. The summed E-state index contributed by atoms with van der Waals surface area (Å²) < 4.78 is 7.41. The van der Waals surface area contributed by atoms with Gasteiger partial charge in [-0.15, -0.1) is 0 Å². The first kappa shape index (κ1) is 15.1. The molecule has 23 heavy (non-hydrogen) atoms. The fraction of sp³-hybridized carbons (Fsp3) is 0.111. The van der Waals surface area contributed by atoms with E-state index in [0.29, 0.717) is 17.3 Å². The molecule has 2 aromatic carbocycles. The molecule has 0 fully saturated rings. The fourth-order valence-corrected chi connectivity index (χ4v) is 2.58. The second-order valence-electron chi connectivity index (χ2n) is 4.85. The van der Waals surface area contributed by atoms with Gasteiger partial charge in [0, 0.05) is 16.7 Å². The number of nitriles is 1. The lowest BCUT2D eigenvalue weighted by Crippen LogP contribution is -2.01. The van der Waals surface area contributed by atoms with Crippen LogP contribution >= 0.6 is 11.6 Å². The van der Waals surface area contributed by atoms with Gasteiger partial charge in [-0.05, 0) is 37.3 Å². The molecule has 0 amide bonds. The van der Waals surface area contributed by atoms with E-state index < -0.39 is 0 Å². The highest BCUT2D eigenvalue weighted by Gasteiger charge is 2.15. The van der Waals surface area contributed by atoms with Crippen LogP contribution in [0.25, 0.3) is 16.9 Å². The Balaban J connectivity index is 2.21. The minimum absolute atomic E-state index is 0.339. The first-order chi connectivity index (χ1) is 11.2. The van der Waals surface area contributed by atoms with Gasteiger partial charge in [0.25, 0.3) is 0 Å². The zero-order valence-electron chi connectivity index (χ0n) is 12.5. The number of para-hydroxylation sites is 1. The minimum atomic E-state index is 0.339. The smallest absolute Gasteiger partial charge is 0.163 e. The van der Waals surface area contributed by atoms with Crippen LogP contribution in [0.1, 0.15) is 12.6 Å². The SMILES string of the molecule is CCOc1ccccc1-c1cc(C#N)nn1-c1cccc(Cl)c1. The molecule has 1 aromatic heterocycles. The zero-order valence-corrected chi connectivity index (χ0v) is 13.3. The Morgan fingerprint density at radius 2 is 2.00 bits per heavy atom. The second kappa shape index (κ2) is 6.55. The normalized spacial score (nSPS) is 10.3. The van der Waals surface area contributed by atoms with Crippen molar-refractivity contribution in [2.24, 2.45) is 0 Å². The van der Waals surface area contributed by atoms with E-state index in [2.05, 4.69) is 11.2 Å². The molecule has 4 nitrogen and oxygen atoms in total. The fourth-order valence-electron chi connectivity index (χ4n) is 2.39. The van der Waals surface area contributed by atoms with Crippen molar-refractivity contribution < 1.29 is 4.74 Å². The van der Waals surface area contributed by atoms with Gasteiger partial charge in [0.05, 0.1) is 18.0 Å². The van der Waals surface area contributed by atoms with Crippen LogP contribution in [0, 0.1) is 11.3 Å². The van der Waals surface area contributed by atoms with Gasteiger partial charge in [0.15, 0.2) is 5.69 Å². The molecule has 3 aromatic rings. The van der Waals surface area contributed by atoms with Crippen LogP contribution in [0.2, 0.25) is 5.02 Å². The average Bonchev–Trinajstić information content (AvgIpc) is 3.00. The number of nitrogens with zero attached hydrogens (tertiary/aromatic N) is 3. The Morgan fingerprint density at radius 3 is 2.74 bits per heavy atom. The lowest BCUT2D eigenvalue weighted by atomic mass is 10.1. The molecule has 114 valence electrons. The summed E-state index contributed by atoms with van der Waals surface area (Å²) in [6.45, 7) is 2.50. The summed E-state index contributed by atoms with van der Waals surface area (Å²) in [6, 6.07) is 18.9. The predicted octanol–water partition coefficient (Wildman–Crippen LogP) is 4.46. The molecule has 0 N–H and O–H groups in total. The topological polar surface area (TPSA) is 50.8 Å². The van der Waals surface area contributed by atoms with E-state index in [1.54, 1.807) is 16.8 Å². The Hall–Kier alpha value is -2.77. The number of hydrogen-bond acceptors (Lipinski definition) is 3. The highest BCUT2D eigenvalue weighted by Crippen LogP contribution is 2.32. The summed E-state index contributed by atoms with van der Waals surface area (Å²) in [5.74, 6) is 0.752. The molecule has 0 aliphatic rings. The molecule has 0 radical (unpaired) electrons. The maximum absolute atomic E-state index is 9.21. The van der Waals surface area contributed by atoms with Gasteiger partial charge in [0.1, 0.15) is 11.8 Å². The van der Waals surface area contributed by atoms with Crippen LogP contribution in [0.5, 0.6) is 5.75 Å². The van der Waals surface area contributed by atoms with Gasteiger partial charge >= 0.3 is 0 Å². The molecule has 0 saturated heterocycles. The molecule has 0 unspecified atom stereocenters. The minimum Gasteiger partial charge on any atom is -0.493 e. The molecular formula is C18H14ClN3O. The molecule has 0 aliphatic heterocycles. The van der Waals surface area contributed by atoms with Gasteiger partial charge in [0.2, 0.25) is 0 Å². The number of benzene rings is 2. The number of hydrogen-bond donors (Lipinski definition) is 0. The number of ether oxygens (including phenoxy) is 1. The van der Waals surface area contributed by atoms with Gasteiger partial charge in [-0.1, -0.05) is 29.8 Å². The monoisotopic (exact) mass is 323 g/mol. The molecule has 0 aliphatic carbocycles. The van der Waals surface area contributed by atoms with Gasteiger partial charge < -0.3 is 4.74 Å². The predicted molar refractivity (Wildman–Crippen MR) is 89.9 cm³/mol. The third-order valence-electron chi connectivity index (χ3n) is 3.34. The lowest BCUT2D eigenvalue weighted by molar-refractivity contribution is 0.341. The average molecular weight is 324 g/mol. The Kier molecular flexibility index (Phi) is 4.31. The van der Waals surface area contributed by atoms with Gasteiger partial charge in [-0.25, -0.2) is 4.68 Å². The third kappa shape index (κ3) is 3.05. The van der Waals surface area contributed by atoms with E-state index in [1.165, 1.54) is 0 Å². The van der Waals surface area contributed by atoms with E-state index in [4.69, 9.17) is 16.3 Å². The van der Waals surface area contributed by atoms with Crippen molar-refractivity contribution >= 4 is 11.6 Å². The van der Waals surface area contributed by atoms with E-state index in [1.807, 2.05) is 49.4 Å². The number of rotatable bonds is 4. The third-order valence-corrected chi connectivity index (χ3v) is 3.57. The van der Waals surface area contributed by atoms with Crippen molar-refractivity contribution in [3.05, 3.63) is 65.3 Å². The summed E-state index contributed by atoms with van der Waals surface area (Å²) in [5.41, 5.74) is 2.79. The van der Waals surface area contributed by atoms with E-state index in [0.717, 1.165) is 22.7 Å². The molecule has 1 heterocycles. The summed E-state index contributed by atoms with van der Waals surface area (Å²) >= 11 is 6.08. The second-order valence-corrected chi connectivity index (χ2v) is 5.28. The standard InChI is InChI=1S/C18H14ClN3O/c1-2-23-18-9-4-3-8-16(18)17-11-14(12-20)21-22(17)15-7-5-6-13(19)10-15/h3-11H,2H2,1H3. The van der Waals surface area contributed by atoms with E-state index in [-0.39, 0.29) is 0 Å². The first-order valence-electron chi connectivity index (χ1n) is 7.21. The quantitative estimate of drug-likeness (QED) is 0.712.